The third-order valence-corrected chi connectivity index (χ3v) is 3.14. The lowest BCUT2D eigenvalue weighted by Gasteiger charge is -2.24. The summed E-state index contributed by atoms with van der Waals surface area (Å²) in [5.41, 5.74) is 0.342. The van der Waals surface area contributed by atoms with Crippen LogP contribution in [0.1, 0.15) is 13.3 Å². The zero-order valence-electron chi connectivity index (χ0n) is 11.0. The molecule has 1 atom stereocenters. The second-order valence-electron chi connectivity index (χ2n) is 4.33. The van der Waals surface area contributed by atoms with Crippen LogP contribution in [0.25, 0.3) is 0 Å². The minimum atomic E-state index is -0.414. The van der Waals surface area contributed by atoms with Gasteiger partial charge in [0.05, 0.1) is 18.8 Å². The van der Waals surface area contributed by atoms with Gasteiger partial charge in [0.15, 0.2) is 0 Å². The first-order valence-electron chi connectivity index (χ1n) is 6.23. The lowest BCUT2D eigenvalue weighted by atomic mass is 10.2. The van der Waals surface area contributed by atoms with Gasteiger partial charge in [-0.25, -0.2) is 9.18 Å². The van der Waals surface area contributed by atoms with E-state index in [1.54, 1.807) is 4.90 Å². The number of hydrogen-bond donors (Lipinski definition) is 1. The molecule has 1 heterocycles. The van der Waals surface area contributed by atoms with Crippen molar-refractivity contribution in [3.63, 3.8) is 0 Å². The Balaban J connectivity index is 2.13. The van der Waals surface area contributed by atoms with Gasteiger partial charge in [0, 0.05) is 12.6 Å². The van der Waals surface area contributed by atoms with Gasteiger partial charge in [-0.1, -0.05) is 19.1 Å². The summed E-state index contributed by atoms with van der Waals surface area (Å²) in [6.45, 7) is 2.59. The Morgan fingerprint density at radius 1 is 1.58 bits per heavy atom. The molecule has 0 spiro atoms. The zero-order chi connectivity index (χ0) is 13.8. The lowest BCUT2D eigenvalue weighted by Crippen LogP contribution is -2.38. The Kier molecular flexibility index (Phi) is 4.04. The maximum atomic E-state index is 13.2. The summed E-state index contributed by atoms with van der Waals surface area (Å²) in [7, 11) is 1.48. The first-order valence-corrected chi connectivity index (χ1v) is 6.23. The molecule has 0 bridgehead atoms. The van der Waals surface area contributed by atoms with E-state index in [4.69, 9.17) is 4.74 Å². The van der Waals surface area contributed by atoms with Crippen LogP contribution in [0.3, 0.4) is 0 Å². The molecule has 1 aromatic rings. The third-order valence-electron chi connectivity index (χ3n) is 3.14. The number of urea groups is 1. The summed E-state index contributed by atoms with van der Waals surface area (Å²) in [6, 6.07) is 3.88. The summed E-state index contributed by atoms with van der Waals surface area (Å²) in [4.78, 5) is 13.9. The molecule has 0 aromatic heterocycles. The lowest BCUT2D eigenvalue weighted by molar-refractivity contribution is 0.209. The van der Waals surface area contributed by atoms with E-state index in [0.717, 1.165) is 6.42 Å². The van der Waals surface area contributed by atoms with Crippen LogP contribution in [-0.2, 0) is 0 Å². The summed E-state index contributed by atoms with van der Waals surface area (Å²) in [6.07, 6.45) is 4.81. The molecule has 1 N–H and O–H groups in total. The van der Waals surface area contributed by atoms with Crippen LogP contribution in [-0.4, -0.2) is 30.6 Å². The molecule has 1 aliphatic heterocycles. The van der Waals surface area contributed by atoms with Crippen molar-refractivity contribution >= 4 is 11.7 Å². The molecule has 0 saturated heterocycles. The molecule has 102 valence electrons. The average molecular weight is 264 g/mol. The monoisotopic (exact) mass is 264 g/mol. The highest BCUT2D eigenvalue weighted by Gasteiger charge is 2.23. The van der Waals surface area contributed by atoms with Crippen molar-refractivity contribution in [1.82, 2.24) is 4.90 Å². The van der Waals surface area contributed by atoms with Crippen molar-refractivity contribution in [1.29, 1.82) is 0 Å². The first-order chi connectivity index (χ1) is 9.15. The Bertz CT molecular complexity index is 502. The summed E-state index contributed by atoms with van der Waals surface area (Å²) >= 11 is 0. The highest BCUT2D eigenvalue weighted by Crippen LogP contribution is 2.26. The van der Waals surface area contributed by atoms with E-state index in [9.17, 15) is 9.18 Å². The molecule has 0 radical (unpaired) electrons. The predicted octanol–water partition coefficient (Wildman–Crippen LogP) is 3.02. The van der Waals surface area contributed by atoms with Gasteiger partial charge in [-0.2, -0.15) is 0 Å². The number of hydrogen-bond acceptors (Lipinski definition) is 2. The number of carbonyl (C=O) groups excluding carboxylic acids is 1. The van der Waals surface area contributed by atoms with Gasteiger partial charge in [0.1, 0.15) is 11.6 Å². The SMILES string of the molecule is CC[C@@H]1C=CCN1C(=O)Nc1cc(F)ccc1OC. The van der Waals surface area contributed by atoms with E-state index in [-0.39, 0.29) is 12.1 Å². The zero-order valence-corrected chi connectivity index (χ0v) is 11.0. The third kappa shape index (κ3) is 2.86. The first kappa shape index (κ1) is 13.4. The number of nitrogens with zero attached hydrogens (tertiary/aromatic N) is 1. The second-order valence-corrected chi connectivity index (χ2v) is 4.33. The average Bonchev–Trinajstić information content (AvgIpc) is 2.87. The standard InChI is InChI=1S/C14H17FN2O2/c1-3-11-5-4-8-17(11)14(18)16-12-9-10(15)6-7-13(12)19-2/h4-7,9,11H,3,8H2,1-2H3,(H,16,18)/t11-/m1/s1. The smallest absolute Gasteiger partial charge is 0.322 e. The molecule has 2 amide bonds. The van der Waals surface area contributed by atoms with E-state index in [1.807, 2.05) is 19.1 Å². The number of ether oxygens (including phenoxy) is 1. The van der Waals surface area contributed by atoms with Crippen LogP contribution in [0.2, 0.25) is 0 Å². The van der Waals surface area contributed by atoms with Gasteiger partial charge in [-0.3, -0.25) is 0 Å². The molecular weight excluding hydrogens is 247 g/mol. The van der Waals surface area contributed by atoms with Crippen molar-refractivity contribution in [2.45, 2.75) is 19.4 Å². The molecule has 0 unspecified atom stereocenters. The maximum Gasteiger partial charge on any atom is 0.322 e. The van der Waals surface area contributed by atoms with Crippen LogP contribution in [0, 0.1) is 5.82 Å². The fourth-order valence-electron chi connectivity index (χ4n) is 2.13. The highest BCUT2D eigenvalue weighted by molar-refractivity contribution is 5.91. The summed E-state index contributed by atoms with van der Waals surface area (Å²) in [5.74, 6) is 0.0256. The van der Waals surface area contributed by atoms with E-state index in [0.29, 0.717) is 18.0 Å². The maximum absolute atomic E-state index is 13.2. The van der Waals surface area contributed by atoms with E-state index >= 15 is 0 Å². The van der Waals surface area contributed by atoms with Crippen molar-refractivity contribution in [2.75, 3.05) is 19.0 Å². The number of anilines is 1. The van der Waals surface area contributed by atoms with E-state index < -0.39 is 5.82 Å². The topological polar surface area (TPSA) is 41.6 Å². The molecule has 5 heteroatoms. The highest BCUT2D eigenvalue weighted by atomic mass is 19.1. The van der Waals surface area contributed by atoms with Crippen LogP contribution in [0.4, 0.5) is 14.9 Å². The van der Waals surface area contributed by atoms with Crippen molar-refractivity contribution in [3.8, 4) is 5.75 Å². The number of benzene rings is 1. The molecule has 4 nitrogen and oxygen atoms in total. The number of nitrogens with one attached hydrogen (secondary N) is 1. The second kappa shape index (κ2) is 5.73. The Morgan fingerprint density at radius 3 is 3.05 bits per heavy atom. The van der Waals surface area contributed by atoms with Gasteiger partial charge in [-0.15, -0.1) is 0 Å². The molecule has 1 aromatic carbocycles. The van der Waals surface area contributed by atoms with Gasteiger partial charge in [0.25, 0.3) is 0 Å². The normalized spacial score (nSPS) is 17.6. The van der Waals surface area contributed by atoms with Crippen LogP contribution in [0.5, 0.6) is 5.75 Å². The number of amides is 2. The number of methoxy groups -OCH3 is 1. The molecular formula is C14H17FN2O2. The van der Waals surface area contributed by atoms with Gasteiger partial charge in [-0.05, 0) is 18.6 Å². The fourth-order valence-corrected chi connectivity index (χ4v) is 2.13. The van der Waals surface area contributed by atoms with Gasteiger partial charge < -0.3 is 15.0 Å². The van der Waals surface area contributed by atoms with Crippen LogP contribution < -0.4 is 10.1 Å². The number of rotatable bonds is 3. The Labute approximate surface area is 111 Å². The minimum Gasteiger partial charge on any atom is -0.495 e. The number of carbonyl (C=O) groups is 1. The minimum absolute atomic E-state index is 0.0968. The Morgan fingerprint density at radius 2 is 2.37 bits per heavy atom. The van der Waals surface area contributed by atoms with Gasteiger partial charge >= 0.3 is 6.03 Å². The molecule has 1 aliphatic rings. The van der Waals surface area contributed by atoms with Gasteiger partial charge in [0.2, 0.25) is 0 Å². The van der Waals surface area contributed by atoms with E-state index in [1.165, 1.54) is 25.3 Å². The molecule has 0 fully saturated rings. The fraction of sp³-hybridized carbons (Fsp3) is 0.357. The van der Waals surface area contributed by atoms with Crippen molar-refractivity contribution in [3.05, 3.63) is 36.2 Å². The predicted molar refractivity (Wildman–Crippen MR) is 71.9 cm³/mol. The summed E-state index contributed by atoms with van der Waals surface area (Å²) < 4.78 is 18.3. The number of halogens is 1. The molecule has 2 rings (SSSR count). The molecule has 0 saturated carbocycles. The van der Waals surface area contributed by atoms with E-state index in [2.05, 4.69) is 5.32 Å². The summed E-state index contributed by atoms with van der Waals surface area (Å²) in [5, 5.41) is 2.69. The largest absolute Gasteiger partial charge is 0.495 e. The van der Waals surface area contributed by atoms with Crippen LogP contribution >= 0.6 is 0 Å². The molecule has 0 aliphatic carbocycles. The van der Waals surface area contributed by atoms with Crippen LogP contribution in [0.15, 0.2) is 30.4 Å². The Hall–Kier alpha value is -2.04. The van der Waals surface area contributed by atoms with Crippen molar-refractivity contribution in [2.24, 2.45) is 0 Å². The quantitative estimate of drug-likeness (QED) is 0.853. The van der Waals surface area contributed by atoms with Crippen molar-refractivity contribution < 1.29 is 13.9 Å². The molecule has 19 heavy (non-hydrogen) atoms.